The summed E-state index contributed by atoms with van der Waals surface area (Å²) in [6.07, 6.45) is 0. The summed E-state index contributed by atoms with van der Waals surface area (Å²) >= 11 is 0. The Balaban J connectivity index is 2.44. The van der Waals surface area contributed by atoms with Crippen molar-refractivity contribution in [1.29, 1.82) is 0 Å². The lowest BCUT2D eigenvalue weighted by Gasteiger charge is -2.20. The second-order valence-electron chi connectivity index (χ2n) is 4.41. The molecule has 0 amide bonds. The monoisotopic (exact) mass is 208 g/mol. The average Bonchev–Trinajstić information content (AvgIpc) is 2.16. The predicted octanol–water partition coefficient (Wildman–Crippen LogP) is 2.91. The first-order valence-corrected chi connectivity index (χ1v) is 5.17. The topological polar surface area (TPSA) is 33.3 Å². The number of hydrogen-bond acceptors (Lipinski definition) is 3. The van der Waals surface area contributed by atoms with Crippen molar-refractivity contribution in [3.05, 3.63) is 24.3 Å². The summed E-state index contributed by atoms with van der Waals surface area (Å²) in [5.41, 5.74) is 2.05. The molecule has 1 rings (SSSR count). The minimum absolute atomic E-state index is 0.104. The Morgan fingerprint density at radius 3 is 2.47 bits per heavy atom. The van der Waals surface area contributed by atoms with E-state index in [4.69, 9.17) is 4.74 Å². The van der Waals surface area contributed by atoms with Crippen LogP contribution in [0.3, 0.4) is 0 Å². The molecule has 1 aromatic rings. The molecule has 0 bridgehead atoms. The van der Waals surface area contributed by atoms with Crippen molar-refractivity contribution in [2.45, 2.75) is 26.4 Å². The van der Waals surface area contributed by atoms with E-state index in [1.54, 1.807) is 0 Å². The smallest absolute Gasteiger partial charge is 0.117 e. The Kier molecular flexibility index (Phi) is 3.97. The van der Waals surface area contributed by atoms with Crippen molar-refractivity contribution >= 4 is 11.4 Å². The van der Waals surface area contributed by atoms with Crippen LogP contribution in [0.4, 0.5) is 11.4 Å². The Morgan fingerprint density at radius 1 is 1.20 bits per heavy atom. The largest absolute Gasteiger partial charge is 0.388 e. The maximum absolute atomic E-state index is 5.58. The van der Waals surface area contributed by atoms with Crippen molar-refractivity contribution < 1.29 is 4.74 Å². The molecule has 0 heterocycles. The molecule has 84 valence electrons. The van der Waals surface area contributed by atoms with Crippen LogP contribution in [0.2, 0.25) is 0 Å². The molecule has 0 aliphatic carbocycles. The van der Waals surface area contributed by atoms with Crippen molar-refractivity contribution in [3.8, 4) is 0 Å². The molecule has 0 aliphatic rings. The number of nitrogens with one attached hydrogen (secondary N) is 2. The van der Waals surface area contributed by atoms with Gasteiger partial charge in [0.2, 0.25) is 0 Å². The molecule has 2 N–H and O–H groups in total. The summed E-state index contributed by atoms with van der Waals surface area (Å²) in [5, 5.41) is 6.31. The zero-order valence-electron chi connectivity index (χ0n) is 9.92. The first-order chi connectivity index (χ1) is 7.01. The van der Waals surface area contributed by atoms with Crippen molar-refractivity contribution in [1.82, 2.24) is 0 Å². The molecule has 0 radical (unpaired) electrons. The molecule has 1 aromatic carbocycles. The van der Waals surface area contributed by atoms with E-state index in [9.17, 15) is 0 Å². The number of anilines is 2. The predicted molar refractivity (Wildman–Crippen MR) is 65.3 cm³/mol. The highest BCUT2D eigenvalue weighted by molar-refractivity contribution is 5.56. The minimum Gasteiger partial charge on any atom is -0.388 e. The van der Waals surface area contributed by atoms with Gasteiger partial charge in [-0.3, -0.25) is 0 Å². The van der Waals surface area contributed by atoms with E-state index in [0.29, 0.717) is 6.73 Å². The van der Waals surface area contributed by atoms with Gasteiger partial charge in [-0.05, 0) is 39.0 Å². The lowest BCUT2D eigenvalue weighted by Crippen LogP contribution is -2.23. The van der Waals surface area contributed by atoms with Crippen LogP contribution in [0.5, 0.6) is 0 Å². The van der Waals surface area contributed by atoms with Gasteiger partial charge in [0.25, 0.3) is 0 Å². The van der Waals surface area contributed by atoms with Crippen molar-refractivity contribution in [2.75, 3.05) is 24.4 Å². The summed E-state index contributed by atoms with van der Waals surface area (Å²) in [7, 11) is 1.91. The van der Waals surface area contributed by atoms with Crippen LogP contribution in [0.15, 0.2) is 24.3 Å². The Morgan fingerprint density at radius 2 is 1.87 bits per heavy atom. The molecule has 0 fully saturated rings. The summed E-state index contributed by atoms with van der Waals surface area (Å²) < 4.78 is 5.58. The van der Waals surface area contributed by atoms with Crippen LogP contribution in [-0.4, -0.2) is 19.4 Å². The van der Waals surface area contributed by atoms with Crippen LogP contribution in [0.25, 0.3) is 0 Å². The summed E-state index contributed by atoms with van der Waals surface area (Å²) in [6, 6.07) is 8.10. The molecule has 0 spiro atoms. The molecule has 0 unspecified atom stereocenters. The van der Waals surface area contributed by atoms with Crippen LogP contribution in [-0.2, 0) is 4.74 Å². The fourth-order valence-corrected chi connectivity index (χ4v) is 1.12. The third-order valence-electron chi connectivity index (χ3n) is 1.93. The standard InChI is InChI=1S/C12H20N2O/c1-12(2,3)15-9-14-11-7-5-6-10(8-11)13-4/h5-8,13-14H,9H2,1-4H3. The van der Waals surface area contributed by atoms with Crippen LogP contribution >= 0.6 is 0 Å². The van der Waals surface area contributed by atoms with Gasteiger partial charge in [-0.1, -0.05) is 6.07 Å². The molecule has 0 saturated carbocycles. The summed E-state index contributed by atoms with van der Waals surface area (Å²) in [4.78, 5) is 0. The van der Waals surface area contributed by atoms with Crippen molar-refractivity contribution in [2.24, 2.45) is 0 Å². The zero-order chi connectivity index (χ0) is 11.3. The highest BCUT2D eigenvalue weighted by Gasteiger charge is 2.08. The lowest BCUT2D eigenvalue weighted by molar-refractivity contribution is 0.00846. The number of benzene rings is 1. The van der Waals surface area contributed by atoms with Gasteiger partial charge in [0.15, 0.2) is 0 Å². The molecular weight excluding hydrogens is 188 g/mol. The minimum atomic E-state index is -0.104. The van der Waals surface area contributed by atoms with E-state index in [1.807, 2.05) is 52.1 Å². The van der Waals surface area contributed by atoms with E-state index in [1.165, 1.54) is 0 Å². The van der Waals surface area contributed by atoms with Crippen LogP contribution in [0, 0.1) is 0 Å². The zero-order valence-corrected chi connectivity index (χ0v) is 9.92. The van der Waals surface area contributed by atoms with Gasteiger partial charge in [0.1, 0.15) is 6.73 Å². The van der Waals surface area contributed by atoms with E-state index < -0.39 is 0 Å². The van der Waals surface area contributed by atoms with Crippen molar-refractivity contribution in [3.63, 3.8) is 0 Å². The SMILES string of the molecule is CNc1cccc(NCOC(C)(C)C)c1. The second kappa shape index (κ2) is 5.03. The van der Waals surface area contributed by atoms with Gasteiger partial charge in [-0.15, -0.1) is 0 Å². The molecule has 0 aliphatic heterocycles. The fourth-order valence-electron chi connectivity index (χ4n) is 1.12. The van der Waals surface area contributed by atoms with Gasteiger partial charge in [-0.2, -0.15) is 0 Å². The normalized spacial score (nSPS) is 11.2. The van der Waals surface area contributed by atoms with Crippen LogP contribution < -0.4 is 10.6 Å². The maximum Gasteiger partial charge on any atom is 0.117 e. The fraction of sp³-hybridized carbons (Fsp3) is 0.500. The quantitative estimate of drug-likeness (QED) is 0.746. The van der Waals surface area contributed by atoms with Gasteiger partial charge in [0.05, 0.1) is 5.60 Å². The first-order valence-electron chi connectivity index (χ1n) is 5.17. The molecule has 3 heteroatoms. The molecular formula is C12H20N2O. The molecule has 15 heavy (non-hydrogen) atoms. The molecule has 0 atom stereocenters. The number of ether oxygens (including phenoxy) is 1. The Hall–Kier alpha value is -1.22. The maximum atomic E-state index is 5.58. The lowest BCUT2D eigenvalue weighted by atomic mass is 10.2. The second-order valence-corrected chi connectivity index (χ2v) is 4.41. The third kappa shape index (κ3) is 4.70. The molecule has 3 nitrogen and oxygen atoms in total. The van der Waals surface area contributed by atoms with Crippen LogP contribution in [0.1, 0.15) is 20.8 Å². The van der Waals surface area contributed by atoms with E-state index in [2.05, 4.69) is 10.6 Å². The van der Waals surface area contributed by atoms with Gasteiger partial charge in [0, 0.05) is 18.4 Å². The number of rotatable bonds is 4. The summed E-state index contributed by atoms with van der Waals surface area (Å²) in [5.74, 6) is 0. The number of hydrogen-bond donors (Lipinski definition) is 2. The van der Waals surface area contributed by atoms with E-state index >= 15 is 0 Å². The van der Waals surface area contributed by atoms with Gasteiger partial charge in [-0.25, -0.2) is 0 Å². The Bertz CT molecular complexity index is 305. The highest BCUT2D eigenvalue weighted by Crippen LogP contribution is 2.14. The van der Waals surface area contributed by atoms with Gasteiger partial charge >= 0.3 is 0 Å². The molecule has 0 aromatic heterocycles. The third-order valence-corrected chi connectivity index (χ3v) is 1.93. The first kappa shape index (κ1) is 11.9. The Labute approximate surface area is 91.8 Å². The van der Waals surface area contributed by atoms with Gasteiger partial charge < -0.3 is 15.4 Å². The van der Waals surface area contributed by atoms with E-state index in [0.717, 1.165) is 11.4 Å². The van der Waals surface area contributed by atoms with E-state index in [-0.39, 0.29) is 5.60 Å². The summed E-state index contributed by atoms with van der Waals surface area (Å²) in [6.45, 7) is 6.65. The highest BCUT2D eigenvalue weighted by atomic mass is 16.5. The average molecular weight is 208 g/mol. The molecule has 0 saturated heterocycles.